The number of rotatable bonds is 4. The summed E-state index contributed by atoms with van der Waals surface area (Å²) in [5.74, 6) is 1.58. The van der Waals surface area contributed by atoms with E-state index in [0.29, 0.717) is 12.4 Å². The van der Waals surface area contributed by atoms with Crippen LogP contribution < -0.4 is 10.6 Å². The average molecular weight is 440 g/mol. The van der Waals surface area contributed by atoms with Crippen LogP contribution in [0.15, 0.2) is 53.5 Å². The number of hydrogen-bond donors (Lipinski definition) is 0. The molecule has 1 atom stereocenters. The monoisotopic (exact) mass is 439 g/mol. The van der Waals surface area contributed by atoms with Crippen LogP contribution in [0.3, 0.4) is 0 Å². The maximum atomic E-state index is 13.2. The first-order valence-electron chi connectivity index (χ1n) is 10.2. The van der Waals surface area contributed by atoms with Crippen LogP contribution in [0.5, 0.6) is 0 Å². The summed E-state index contributed by atoms with van der Waals surface area (Å²) in [5, 5.41) is 0. The van der Waals surface area contributed by atoms with Gasteiger partial charge in [0.05, 0.1) is 26.3 Å². The van der Waals surface area contributed by atoms with Crippen molar-refractivity contribution in [3.63, 3.8) is 0 Å². The number of aryl methyl sites for hydroxylation is 1. The summed E-state index contributed by atoms with van der Waals surface area (Å²) >= 11 is 7.56. The summed E-state index contributed by atoms with van der Waals surface area (Å²) in [6, 6.07) is 13.9. The Morgan fingerprint density at radius 2 is 2.00 bits per heavy atom. The fourth-order valence-electron chi connectivity index (χ4n) is 4.34. The van der Waals surface area contributed by atoms with Crippen LogP contribution in [0.25, 0.3) is 21.7 Å². The molecule has 30 heavy (non-hydrogen) atoms. The predicted octanol–water partition coefficient (Wildman–Crippen LogP) is 4.84. The number of anilines is 1. The first kappa shape index (κ1) is 19.3. The third kappa shape index (κ3) is 3.32. The molecule has 6 nitrogen and oxygen atoms in total. The molecule has 0 N–H and O–H groups in total. The average Bonchev–Trinajstić information content (AvgIpc) is 3.34. The molecule has 0 spiro atoms. The largest absolute Gasteiger partial charge is 0.354 e. The number of para-hydroxylation sites is 2. The molecule has 1 aromatic carbocycles. The number of nitrogens with zero attached hydrogens (tertiary/aromatic N) is 5. The Labute approximate surface area is 183 Å². The third-order valence-corrected chi connectivity index (χ3v) is 6.93. The summed E-state index contributed by atoms with van der Waals surface area (Å²) in [7, 11) is 0. The fourth-order valence-corrected chi connectivity index (χ4v) is 5.33. The smallest absolute Gasteiger partial charge is 0.329 e. The van der Waals surface area contributed by atoms with Gasteiger partial charge in [-0.3, -0.25) is 9.13 Å². The van der Waals surface area contributed by atoms with Crippen molar-refractivity contribution in [3.8, 4) is 10.7 Å². The summed E-state index contributed by atoms with van der Waals surface area (Å²) in [6.45, 7) is 4.35. The summed E-state index contributed by atoms with van der Waals surface area (Å²) in [5.41, 5.74) is 2.08. The van der Waals surface area contributed by atoms with Gasteiger partial charge in [-0.25, -0.2) is 14.8 Å². The van der Waals surface area contributed by atoms with Crippen molar-refractivity contribution < 1.29 is 0 Å². The van der Waals surface area contributed by atoms with Gasteiger partial charge >= 0.3 is 5.69 Å². The fraction of sp³-hybridized carbons (Fsp3) is 0.318. The van der Waals surface area contributed by atoms with Crippen LogP contribution >= 0.6 is 22.9 Å². The van der Waals surface area contributed by atoms with E-state index in [0.717, 1.165) is 52.0 Å². The Balaban J connectivity index is 1.49. The molecule has 8 heteroatoms. The lowest BCUT2D eigenvalue weighted by Crippen LogP contribution is -2.40. The van der Waals surface area contributed by atoms with Crippen molar-refractivity contribution >= 4 is 39.8 Å². The Morgan fingerprint density at radius 1 is 1.17 bits per heavy atom. The zero-order chi connectivity index (χ0) is 20.7. The molecular weight excluding hydrogens is 418 g/mol. The van der Waals surface area contributed by atoms with Crippen molar-refractivity contribution in [2.75, 3.05) is 18.0 Å². The first-order chi connectivity index (χ1) is 14.7. The Hall–Kier alpha value is -2.64. The standard InChI is InChI=1S/C22H22ClN5OS/c1-2-27-16-7-3-4-8-17(16)28(22(27)29)15-6-5-13-26(14-15)20-11-12-24-21(25-20)18-9-10-19(23)30-18/h3-4,7-12,15H,2,5-6,13-14H2,1H3/t15-/m0/s1. The maximum Gasteiger partial charge on any atom is 0.329 e. The van der Waals surface area contributed by atoms with Crippen molar-refractivity contribution in [2.45, 2.75) is 32.4 Å². The topological polar surface area (TPSA) is 56.0 Å². The SMILES string of the molecule is CCn1c(=O)n([C@H]2CCCN(c3ccnc(-c4ccc(Cl)s4)n3)C2)c2ccccc21. The van der Waals surface area contributed by atoms with Crippen molar-refractivity contribution in [3.05, 3.63) is 63.5 Å². The predicted molar refractivity (Wildman–Crippen MR) is 123 cm³/mol. The Kier molecular flexibility index (Phi) is 5.08. The second-order valence-electron chi connectivity index (χ2n) is 7.47. The first-order valence-corrected chi connectivity index (χ1v) is 11.4. The van der Waals surface area contributed by atoms with Crippen LogP contribution in [-0.2, 0) is 6.54 Å². The molecule has 0 radical (unpaired) electrons. The summed E-state index contributed by atoms with van der Waals surface area (Å²) in [6.07, 6.45) is 3.78. The van der Waals surface area contributed by atoms with Gasteiger partial charge in [0.25, 0.3) is 0 Å². The minimum Gasteiger partial charge on any atom is -0.354 e. The van der Waals surface area contributed by atoms with Gasteiger partial charge in [0, 0.05) is 25.8 Å². The summed E-state index contributed by atoms with van der Waals surface area (Å²) < 4.78 is 4.56. The maximum absolute atomic E-state index is 13.2. The van der Waals surface area contributed by atoms with E-state index in [-0.39, 0.29) is 11.7 Å². The number of thiophene rings is 1. The van der Waals surface area contributed by atoms with E-state index in [1.807, 2.05) is 58.5 Å². The highest BCUT2D eigenvalue weighted by Crippen LogP contribution is 2.31. The van der Waals surface area contributed by atoms with E-state index in [1.165, 1.54) is 11.3 Å². The zero-order valence-electron chi connectivity index (χ0n) is 16.7. The molecule has 1 aliphatic rings. The van der Waals surface area contributed by atoms with Gasteiger partial charge < -0.3 is 4.90 Å². The lowest BCUT2D eigenvalue weighted by atomic mass is 10.1. The molecule has 154 valence electrons. The normalized spacial score (nSPS) is 17.0. The number of fused-ring (bicyclic) bond motifs is 1. The van der Waals surface area contributed by atoms with Crippen molar-refractivity contribution in [1.82, 2.24) is 19.1 Å². The van der Waals surface area contributed by atoms with Crippen LogP contribution in [0.2, 0.25) is 4.34 Å². The van der Waals surface area contributed by atoms with Gasteiger partial charge in [0.1, 0.15) is 5.82 Å². The number of imidazole rings is 1. The molecule has 0 unspecified atom stereocenters. The van der Waals surface area contributed by atoms with E-state index in [1.54, 1.807) is 6.20 Å². The van der Waals surface area contributed by atoms with Gasteiger partial charge in [-0.1, -0.05) is 23.7 Å². The highest BCUT2D eigenvalue weighted by molar-refractivity contribution is 7.19. The van der Waals surface area contributed by atoms with Gasteiger partial charge in [-0.05, 0) is 50.1 Å². The minimum absolute atomic E-state index is 0.0714. The van der Waals surface area contributed by atoms with E-state index in [2.05, 4.69) is 9.88 Å². The molecule has 1 fully saturated rings. The van der Waals surface area contributed by atoms with E-state index < -0.39 is 0 Å². The molecule has 4 aromatic rings. The molecule has 4 heterocycles. The van der Waals surface area contributed by atoms with Crippen molar-refractivity contribution in [1.29, 1.82) is 0 Å². The lowest BCUT2D eigenvalue weighted by molar-refractivity contribution is 0.399. The highest BCUT2D eigenvalue weighted by atomic mass is 35.5. The Bertz CT molecular complexity index is 1260. The molecule has 0 saturated carbocycles. The molecule has 5 rings (SSSR count). The van der Waals surface area contributed by atoms with Crippen LogP contribution in [0.1, 0.15) is 25.8 Å². The van der Waals surface area contributed by atoms with Crippen LogP contribution in [0.4, 0.5) is 5.82 Å². The third-order valence-electron chi connectivity index (χ3n) is 5.71. The lowest BCUT2D eigenvalue weighted by Gasteiger charge is -2.34. The molecule has 0 bridgehead atoms. The van der Waals surface area contributed by atoms with Crippen LogP contribution in [0, 0.1) is 0 Å². The molecule has 1 aliphatic heterocycles. The zero-order valence-corrected chi connectivity index (χ0v) is 18.2. The van der Waals surface area contributed by atoms with E-state index >= 15 is 0 Å². The Morgan fingerprint density at radius 3 is 2.77 bits per heavy atom. The molecule has 0 aliphatic carbocycles. The number of halogens is 1. The van der Waals surface area contributed by atoms with Crippen LogP contribution in [-0.4, -0.2) is 32.2 Å². The van der Waals surface area contributed by atoms with Gasteiger partial charge in [-0.15, -0.1) is 11.3 Å². The van der Waals surface area contributed by atoms with Gasteiger partial charge in [0.2, 0.25) is 0 Å². The quantitative estimate of drug-likeness (QED) is 0.456. The second kappa shape index (κ2) is 7.89. The molecule has 0 amide bonds. The van der Waals surface area contributed by atoms with Gasteiger partial charge in [-0.2, -0.15) is 0 Å². The molecular formula is C22H22ClN5OS. The molecule has 1 saturated heterocycles. The summed E-state index contributed by atoms with van der Waals surface area (Å²) in [4.78, 5) is 25.6. The van der Waals surface area contributed by atoms with E-state index in [4.69, 9.17) is 16.6 Å². The highest BCUT2D eigenvalue weighted by Gasteiger charge is 2.26. The van der Waals surface area contributed by atoms with Crippen molar-refractivity contribution in [2.24, 2.45) is 0 Å². The van der Waals surface area contributed by atoms with E-state index in [9.17, 15) is 4.79 Å². The number of piperidine rings is 1. The number of aromatic nitrogens is 4. The van der Waals surface area contributed by atoms with Gasteiger partial charge in [0.15, 0.2) is 5.82 Å². The second-order valence-corrected chi connectivity index (χ2v) is 9.18. The minimum atomic E-state index is 0.0714. The number of benzene rings is 1. The number of hydrogen-bond acceptors (Lipinski definition) is 5. The molecule has 3 aromatic heterocycles.